The number of esters is 1. The lowest BCUT2D eigenvalue weighted by Gasteiger charge is -2.08. The average Bonchev–Trinajstić information content (AvgIpc) is 2.64. The van der Waals surface area contributed by atoms with Crippen LogP contribution in [0.25, 0.3) is 10.9 Å². The first-order chi connectivity index (χ1) is 12.0. The van der Waals surface area contributed by atoms with Crippen molar-refractivity contribution in [2.24, 2.45) is 0 Å². The summed E-state index contributed by atoms with van der Waals surface area (Å²) in [5.41, 5.74) is 0.438. The van der Waals surface area contributed by atoms with Gasteiger partial charge in [-0.15, -0.1) is 0 Å². The molecule has 0 aliphatic carbocycles. The van der Waals surface area contributed by atoms with Crippen molar-refractivity contribution >= 4 is 16.9 Å². The fourth-order valence-corrected chi connectivity index (χ4v) is 2.43. The van der Waals surface area contributed by atoms with Crippen LogP contribution in [0.4, 0.5) is 0 Å². The Morgan fingerprint density at radius 2 is 1.92 bits per heavy atom. The second-order valence-corrected chi connectivity index (χ2v) is 5.28. The van der Waals surface area contributed by atoms with E-state index in [-0.39, 0.29) is 12.4 Å². The number of aromatic nitrogens is 3. The van der Waals surface area contributed by atoms with Crippen molar-refractivity contribution < 1.29 is 14.3 Å². The number of nitrogens with zero attached hydrogens (tertiary/aromatic N) is 2. The van der Waals surface area contributed by atoms with Gasteiger partial charge < -0.3 is 14.5 Å². The summed E-state index contributed by atoms with van der Waals surface area (Å²) in [6.07, 6.45) is 1.38. The van der Waals surface area contributed by atoms with Crippen molar-refractivity contribution in [3.63, 3.8) is 0 Å². The van der Waals surface area contributed by atoms with E-state index in [1.807, 2.05) is 0 Å². The highest BCUT2D eigenvalue weighted by Gasteiger charge is 2.11. The van der Waals surface area contributed by atoms with E-state index in [0.717, 1.165) is 4.57 Å². The first kappa shape index (κ1) is 16.4. The van der Waals surface area contributed by atoms with Gasteiger partial charge in [0.1, 0.15) is 0 Å². The number of aromatic amines is 1. The molecule has 0 fully saturated rings. The van der Waals surface area contributed by atoms with Crippen LogP contribution in [-0.2, 0) is 11.3 Å². The van der Waals surface area contributed by atoms with Crippen LogP contribution >= 0.6 is 0 Å². The minimum absolute atomic E-state index is 0.0657. The molecule has 0 spiro atoms. The monoisotopic (exact) mass is 341 g/mol. The normalized spacial score (nSPS) is 10.6. The van der Waals surface area contributed by atoms with E-state index < -0.39 is 17.2 Å². The molecule has 0 radical (unpaired) electrons. The number of H-pyrrole nitrogens is 1. The summed E-state index contributed by atoms with van der Waals surface area (Å²) in [5, 5.41) is 0.303. The molecular weight excluding hydrogens is 326 g/mol. The molecule has 128 valence electrons. The number of benzene rings is 1. The highest BCUT2D eigenvalue weighted by Crippen LogP contribution is 2.12. The van der Waals surface area contributed by atoms with Gasteiger partial charge in [-0.3, -0.25) is 9.36 Å². The lowest BCUT2D eigenvalue weighted by atomic mass is 10.1. The molecule has 3 aromatic rings. The molecule has 0 aliphatic rings. The molecule has 1 aromatic carbocycles. The number of carbonyl (C=O) groups is 1. The van der Waals surface area contributed by atoms with Crippen LogP contribution in [0.15, 0.2) is 46.1 Å². The third-order valence-corrected chi connectivity index (χ3v) is 3.77. The molecule has 8 heteroatoms. The number of hydrogen-bond acceptors (Lipinski definition) is 6. The zero-order chi connectivity index (χ0) is 18.0. The minimum Gasteiger partial charge on any atom is -0.481 e. The van der Waals surface area contributed by atoms with Gasteiger partial charge >= 0.3 is 11.7 Å². The number of pyridine rings is 1. The summed E-state index contributed by atoms with van der Waals surface area (Å²) in [7, 11) is 2.74. The van der Waals surface area contributed by atoms with Gasteiger partial charge in [-0.1, -0.05) is 12.1 Å². The number of nitrogens with one attached hydrogen (secondary N) is 1. The molecule has 0 aliphatic heterocycles. The molecule has 0 saturated heterocycles. The Kier molecular flexibility index (Phi) is 4.34. The highest BCUT2D eigenvalue weighted by molar-refractivity contribution is 5.89. The Hall–Kier alpha value is -3.42. The molecule has 25 heavy (non-hydrogen) atoms. The summed E-state index contributed by atoms with van der Waals surface area (Å²) >= 11 is 0. The Morgan fingerprint density at radius 3 is 2.56 bits per heavy atom. The zero-order valence-electron chi connectivity index (χ0n) is 13.6. The fraction of sp³-hybridized carbons (Fsp3) is 0.176. The SMILES string of the molecule is COC(=O)c1ccc(Cn2c(=O)[nH]c3cnc(OC)cc3c2=O)cc1. The Labute approximate surface area is 141 Å². The molecule has 0 amide bonds. The van der Waals surface area contributed by atoms with Gasteiger partial charge in [0.05, 0.1) is 43.4 Å². The van der Waals surface area contributed by atoms with E-state index in [4.69, 9.17) is 4.74 Å². The molecule has 1 N–H and O–H groups in total. The van der Waals surface area contributed by atoms with Crippen molar-refractivity contribution in [3.8, 4) is 5.88 Å². The van der Waals surface area contributed by atoms with Crippen molar-refractivity contribution in [2.45, 2.75) is 6.54 Å². The van der Waals surface area contributed by atoms with Crippen LogP contribution < -0.4 is 16.0 Å². The molecule has 0 bridgehead atoms. The van der Waals surface area contributed by atoms with Crippen molar-refractivity contribution in [1.29, 1.82) is 0 Å². The van der Waals surface area contributed by atoms with Gasteiger partial charge in [0.2, 0.25) is 5.88 Å². The van der Waals surface area contributed by atoms with Crippen molar-refractivity contribution in [1.82, 2.24) is 14.5 Å². The van der Waals surface area contributed by atoms with Gasteiger partial charge in [-0.05, 0) is 17.7 Å². The quantitative estimate of drug-likeness (QED) is 0.708. The fourth-order valence-electron chi connectivity index (χ4n) is 2.43. The lowest BCUT2D eigenvalue weighted by molar-refractivity contribution is 0.0600. The first-order valence-electron chi connectivity index (χ1n) is 7.37. The minimum atomic E-state index is -0.540. The average molecular weight is 341 g/mol. The van der Waals surface area contributed by atoms with E-state index in [1.54, 1.807) is 24.3 Å². The Balaban J connectivity index is 2.02. The third-order valence-electron chi connectivity index (χ3n) is 3.77. The number of fused-ring (bicyclic) bond motifs is 1. The van der Waals surface area contributed by atoms with Crippen molar-refractivity contribution in [2.75, 3.05) is 14.2 Å². The summed E-state index contributed by atoms with van der Waals surface area (Å²) in [4.78, 5) is 42.9. The lowest BCUT2D eigenvalue weighted by Crippen LogP contribution is -2.35. The van der Waals surface area contributed by atoms with Gasteiger partial charge in [-0.2, -0.15) is 0 Å². The van der Waals surface area contributed by atoms with E-state index in [1.165, 1.54) is 26.5 Å². The standard InChI is InChI=1S/C17H15N3O5/c1-24-14-7-12-13(8-18-14)19-17(23)20(15(12)21)9-10-3-5-11(6-4-10)16(22)25-2/h3-8H,9H2,1-2H3,(H,19,23). The van der Waals surface area contributed by atoms with Crippen LogP contribution in [0.3, 0.4) is 0 Å². The summed E-state index contributed by atoms with van der Waals surface area (Å²) in [6, 6.07) is 7.96. The smallest absolute Gasteiger partial charge is 0.337 e. The Bertz CT molecular complexity index is 1050. The maximum Gasteiger partial charge on any atom is 0.337 e. The molecule has 0 saturated carbocycles. The van der Waals surface area contributed by atoms with E-state index >= 15 is 0 Å². The number of methoxy groups -OCH3 is 2. The molecule has 8 nitrogen and oxygen atoms in total. The molecule has 0 atom stereocenters. The first-order valence-corrected chi connectivity index (χ1v) is 7.37. The molecule has 0 unspecified atom stereocenters. The zero-order valence-corrected chi connectivity index (χ0v) is 13.6. The van der Waals surface area contributed by atoms with Crippen LogP contribution in [-0.4, -0.2) is 34.7 Å². The summed E-state index contributed by atoms with van der Waals surface area (Å²) in [6.45, 7) is 0.0657. The van der Waals surface area contributed by atoms with Crippen LogP contribution in [0.1, 0.15) is 15.9 Å². The number of ether oxygens (including phenoxy) is 2. The second kappa shape index (κ2) is 6.60. The summed E-state index contributed by atoms with van der Waals surface area (Å²) in [5.74, 6) is -0.169. The van der Waals surface area contributed by atoms with Gasteiger partial charge in [-0.25, -0.2) is 14.6 Å². The number of hydrogen-bond donors (Lipinski definition) is 1. The molecule has 3 rings (SSSR count). The van der Waals surface area contributed by atoms with Crippen molar-refractivity contribution in [3.05, 3.63) is 68.5 Å². The van der Waals surface area contributed by atoms with Crippen LogP contribution in [0, 0.1) is 0 Å². The van der Waals surface area contributed by atoms with E-state index in [9.17, 15) is 14.4 Å². The van der Waals surface area contributed by atoms with Gasteiger partial charge in [0, 0.05) is 6.07 Å². The van der Waals surface area contributed by atoms with E-state index in [0.29, 0.717) is 22.0 Å². The van der Waals surface area contributed by atoms with E-state index in [2.05, 4.69) is 14.7 Å². The maximum absolute atomic E-state index is 12.6. The van der Waals surface area contributed by atoms with Gasteiger partial charge in [0.25, 0.3) is 5.56 Å². The maximum atomic E-state index is 12.6. The molecular formula is C17H15N3O5. The molecule has 2 heterocycles. The van der Waals surface area contributed by atoms with Crippen LogP contribution in [0.2, 0.25) is 0 Å². The Morgan fingerprint density at radius 1 is 1.20 bits per heavy atom. The second-order valence-electron chi connectivity index (χ2n) is 5.28. The van der Waals surface area contributed by atoms with Crippen LogP contribution in [0.5, 0.6) is 5.88 Å². The number of carbonyl (C=O) groups excluding carboxylic acids is 1. The predicted octanol–water partition coefficient (Wildman–Crippen LogP) is 0.928. The largest absolute Gasteiger partial charge is 0.481 e. The molecule has 2 aromatic heterocycles. The highest BCUT2D eigenvalue weighted by atomic mass is 16.5. The number of rotatable bonds is 4. The summed E-state index contributed by atoms with van der Waals surface area (Å²) < 4.78 is 10.7. The van der Waals surface area contributed by atoms with Gasteiger partial charge in [0.15, 0.2) is 0 Å². The predicted molar refractivity (Wildman–Crippen MR) is 90.1 cm³/mol. The third kappa shape index (κ3) is 3.14. The topological polar surface area (TPSA) is 103 Å².